The molecule has 3 nitrogen and oxygen atoms in total. The number of nitrogens with one attached hydrogen (secondary N) is 1. The first-order valence-electron chi connectivity index (χ1n) is 7.81. The third-order valence-corrected chi connectivity index (χ3v) is 5.90. The van der Waals surface area contributed by atoms with Crippen LogP contribution in [-0.4, -0.2) is 36.5 Å². The first-order valence-corrected chi connectivity index (χ1v) is 7.81. The number of amides is 1. The summed E-state index contributed by atoms with van der Waals surface area (Å²) in [5, 5.41) is 3.37. The van der Waals surface area contributed by atoms with E-state index in [1.54, 1.807) is 0 Å². The van der Waals surface area contributed by atoms with E-state index in [1.807, 2.05) is 0 Å². The Kier molecular flexibility index (Phi) is 2.65. The molecule has 5 fully saturated rings. The fourth-order valence-corrected chi connectivity index (χ4v) is 5.51. The van der Waals surface area contributed by atoms with Crippen molar-refractivity contribution in [3.8, 4) is 0 Å². The lowest BCUT2D eigenvalue weighted by molar-refractivity contribution is -0.142. The van der Waals surface area contributed by atoms with E-state index in [4.69, 9.17) is 0 Å². The summed E-state index contributed by atoms with van der Waals surface area (Å²) in [7, 11) is 0. The van der Waals surface area contributed by atoms with E-state index in [1.165, 1.54) is 32.1 Å². The van der Waals surface area contributed by atoms with Gasteiger partial charge >= 0.3 is 0 Å². The first-order chi connectivity index (χ1) is 8.81. The van der Waals surface area contributed by atoms with E-state index < -0.39 is 0 Å². The Morgan fingerprint density at radius 1 is 0.944 bits per heavy atom. The van der Waals surface area contributed by atoms with E-state index in [2.05, 4.69) is 10.2 Å². The quantitative estimate of drug-likeness (QED) is 0.765. The highest BCUT2D eigenvalue weighted by molar-refractivity contribution is 5.77. The van der Waals surface area contributed by atoms with Crippen LogP contribution in [0.15, 0.2) is 0 Å². The van der Waals surface area contributed by atoms with Gasteiger partial charge in [-0.15, -0.1) is 0 Å². The topological polar surface area (TPSA) is 32.3 Å². The van der Waals surface area contributed by atoms with Gasteiger partial charge < -0.3 is 10.2 Å². The van der Waals surface area contributed by atoms with Gasteiger partial charge in [0.25, 0.3) is 0 Å². The van der Waals surface area contributed by atoms with Crippen molar-refractivity contribution in [2.24, 2.45) is 23.7 Å². The van der Waals surface area contributed by atoms with Gasteiger partial charge in [-0.1, -0.05) is 0 Å². The monoisotopic (exact) mass is 248 g/mol. The van der Waals surface area contributed by atoms with E-state index in [0.29, 0.717) is 18.4 Å². The van der Waals surface area contributed by atoms with Gasteiger partial charge in [0.2, 0.25) is 5.91 Å². The maximum atomic E-state index is 12.3. The number of hydrogen-bond donors (Lipinski definition) is 1. The molecule has 3 heteroatoms. The van der Waals surface area contributed by atoms with E-state index >= 15 is 0 Å². The predicted molar refractivity (Wildman–Crippen MR) is 70.0 cm³/mol. The van der Waals surface area contributed by atoms with Gasteiger partial charge in [0.05, 0.1) is 0 Å². The Hall–Kier alpha value is -0.570. The molecule has 0 unspecified atom stereocenters. The second-order valence-corrected chi connectivity index (χ2v) is 7.01. The molecule has 0 spiro atoms. The molecule has 5 rings (SSSR count). The summed E-state index contributed by atoms with van der Waals surface area (Å²) in [4.78, 5) is 14.6. The van der Waals surface area contributed by atoms with Crippen LogP contribution in [0.2, 0.25) is 0 Å². The smallest absolute Gasteiger partial charge is 0.224 e. The molecule has 1 aliphatic heterocycles. The largest absolute Gasteiger partial charge is 0.338 e. The molecule has 4 saturated carbocycles. The normalized spacial score (nSPS) is 47.4. The maximum absolute atomic E-state index is 12.3. The summed E-state index contributed by atoms with van der Waals surface area (Å²) in [6.07, 6.45) is 7.85. The molecule has 0 aromatic rings. The van der Waals surface area contributed by atoms with Crippen molar-refractivity contribution in [2.45, 2.75) is 44.6 Å². The van der Waals surface area contributed by atoms with Crippen LogP contribution < -0.4 is 5.32 Å². The van der Waals surface area contributed by atoms with Crippen LogP contribution in [0.3, 0.4) is 0 Å². The number of nitrogens with zero attached hydrogens (tertiary/aromatic N) is 1. The van der Waals surface area contributed by atoms with Crippen molar-refractivity contribution < 1.29 is 4.79 Å². The van der Waals surface area contributed by atoms with Gasteiger partial charge in [-0.3, -0.25) is 4.79 Å². The predicted octanol–water partition coefficient (Wildman–Crippen LogP) is 1.63. The van der Waals surface area contributed by atoms with Gasteiger partial charge in [0.15, 0.2) is 0 Å². The third-order valence-electron chi connectivity index (χ3n) is 5.90. The molecule has 18 heavy (non-hydrogen) atoms. The van der Waals surface area contributed by atoms with Gasteiger partial charge in [0, 0.05) is 32.1 Å². The molecular formula is C15H24N2O. The fourth-order valence-electron chi connectivity index (χ4n) is 5.51. The molecule has 100 valence electrons. The fraction of sp³-hybridized carbons (Fsp3) is 0.933. The lowest BCUT2D eigenvalue weighted by Gasteiger charge is -2.57. The molecule has 0 aromatic carbocycles. The van der Waals surface area contributed by atoms with Crippen LogP contribution in [0.1, 0.15) is 38.5 Å². The summed E-state index contributed by atoms with van der Waals surface area (Å²) in [6.45, 7) is 2.82. The SMILES string of the molecule is O=C1CCNCCN1C1C2CC3CC(C2)CC1C3. The molecule has 0 radical (unpaired) electrons. The van der Waals surface area contributed by atoms with Crippen LogP contribution in [0.25, 0.3) is 0 Å². The summed E-state index contributed by atoms with van der Waals surface area (Å²) in [5.41, 5.74) is 0. The summed E-state index contributed by atoms with van der Waals surface area (Å²) < 4.78 is 0. The molecule has 1 saturated heterocycles. The van der Waals surface area contributed by atoms with Crippen molar-refractivity contribution >= 4 is 5.91 Å². The van der Waals surface area contributed by atoms with E-state index in [9.17, 15) is 4.79 Å². The van der Waals surface area contributed by atoms with Gasteiger partial charge in [-0.05, 0) is 55.8 Å². The number of carbonyl (C=O) groups is 1. The average Bonchev–Trinajstić information content (AvgIpc) is 2.54. The van der Waals surface area contributed by atoms with Crippen molar-refractivity contribution in [3.63, 3.8) is 0 Å². The minimum absolute atomic E-state index is 0.414. The van der Waals surface area contributed by atoms with E-state index in [0.717, 1.165) is 43.3 Å². The second-order valence-electron chi connectivity index (χ2n) is 7.01. The molecule has 4 bridgehead atoms. The minimum Gasteiger partial charge on any atom is -0.338 e. The Balaban J connectivity index is 1.58. The molecular weight excluding hydrogens is 224 g/mol. The highest BCUT2D eigenvalue weighted by Crippen LogP contribution is 2.55. The average molecular weight is 248 g/mol. The van der Waals surface area contributed by atoms with Crippen LogP contribution >= 0.6 is 0 Å². The molecule has 1 heterocycles. The lowest BCUT2D eigenvalue weighted by Crippen LogP contribution is -2.57. The highest BCUT2D eigenvalue weighted by Gasteiger charge is 2.50. The van der Waals surface area contributed by atoms with Crippen molar-refractivity contribution in [2.75, 3.05) is 19.6 Å². The van der Waals surface area contributed by atoms with Crippen LogP contribution in [0.5, 0.6) is 0 Å². The zero-order valence-corrected chi connectivity index (χ0v) is 11.1. The first kappa shape index (κ1) is 11.3. The third kappa shape index (κ3) is 1.70. The van der Waals surface area contributed by atoms with Crippen LogP contribution in [0, 0.1) is 23.7 Å². The summed E-state index contributed by atoms with van der Waals surface area (Å²) >= 11 is 0. The van der Waals surface area contributed by atoms with Crippen molar-refractivity contribution in [1.29, 1.82) is 0 Å². The molecule has 1 amide bonds. The number of carbonyl (C=O) groups excluding carboxylic acids is 1. The Morgan fingerprint density at radius 2 is 1.61 bits per heavy atom. The van der Waals surface area contributed by atoms with Gasteiger partial charge in [-0.2, -0.15) is 0 Å². The zero-order chi connectivity index (χ0) is 12.1. The van der Waals surface area contributed by atoms with Crippen molar-refractivity contribution in [3.05, 3.63) is 0 Å². The maximum Gasteiger partial charge on any atom is 0.224 e. The number of hydrogen-bond acceptors (Lipinski definition) is 2. The number of rotatable bonds is 1. The Morgan fingerprint density at radius 3 is 2.28 bits per heavy atom. The highest BCUT2D eigenvalue weighted by atomic mass is 16.2. The van der Waals surface area contributed by atoms with Crippen LogP contribution in [0.4, 0.5) is 0 Å². The summed E-state index contributed by atoms with van der Waals surface area (Å²) in [5.74, 6) is 4.09. The Bertz CT molecular complexity index is 326. The minimum atomic E-state index is 0.414. The summed E-state index contributed by atoms with van der Waals surface area (Å²) in [6, 6.07) is 0.602. The second kappa shape index (κ2) is 4.22. The van der Waals surface area contributed by atoms with Crippen LogP contribution in [-0.2, 0) is 4.79 Å². The Labute approximate surface area is 109 Å². The molecule has 0 atom stereocenters. The molecule has 0 aromatic heterocycles. The standard InChI is InChI=1S/C15H24N2O/c18-14-1-2-16-3-4-17(14)15-12-6-10-5-11(8-12)9-13(15)7-10/h10-13,15-16H,1-9H2. The van der Waals surface area contributed by atoms with Gasteiger partial charge in [-0.25, -0.2) is 0 Å². The molecule has 1 N–H and O–H groups in total. The van der Waals surface area contributed by atoms with Gasteiger partial charge in [0.1, 0.15) is 0 Å². The zero-order valence-electron chi connectivity index (χ0n) is 11.1. The molecule has 5 aliphatic rings. The lowest BCUT2D eigenvalue weighted by atomic mass is 9.54. The van der Waals surface area contributed by atoms with E-state index in [-0.39, 0.29) is 0 Å². The molecule has 4 aliphatic carbocycles. The van der Waals surface area contributed by atoms with Crippen molar-refractivity contribution in [1.82, 2.24) is 10.2 Å².